The van der Waals surface area contributed by atoms with Crippen molar-refractivity contribution in [1.29, 1.82) is 0 Å². The molecule has 56 valence electrons. The zero-order chi connectivity index (χ0) is 7.84. The van der Waals surface area contributed by atoms with E-state index >= 15 is 0 Å². The Morgan fingerprint density at radius 3 is 3.09 bits per heavy atom. The van der Waals surface area contributed by atoms with Crippen LogP contribution in [0.5, 0.6) is 0 Å². The highest BCUT2D eigenvalue weighted by atomic mass is 14.7. The van der Waals surface area contributed by atoms with Gasteiger partial charge in [0, 0.05) is 12.1 Å². The van der Waals surface area contributed by atoms with Crippen molar-refractivity contribution in [1.82, 2.24) is 0 Å². The molecule has 2 rings (SSSR count). The van der Waals surface area contributed by atoms with Gasteiger partial charge in [0.15, 0.2) is 0 Å². The summed E-state index contributed by atoms with van der Waals surface area (Å²) in [5.41, 5.74) is 3.84. The Morgan fingerprint density at radius 2 is 2.36 bits per heavy atom. The third-order valence-corrected chi connectivity index (χ3v) is 2.24. The van der Waals surface area contributed by atoms with Gasteiger partial charge in [0.25, 0.3) is 0 Å². The van der Waals surface area contributed by atoms with E-state index in [4.69, 9.17) is 0 Å². The zero-order valence-corrected chi connectivity index (χ0v) is 6.83. The maximum absolute atomic E-state index is 4.30. The molecule has 0 radical (unpaired) electrons. The topological polar surface area (TPSA) is 12.4 Å². The smallest absolute Gasteiger partial charge is 0.0734 e. The summed E-state index contributed by atoms with van der Waals surface area (Å²) in [6.45, 7) is 4.28. The molecule has 0 N–H and O–H groups in total. The highest BCUT2D eigenvalue weighted by Gasteiger charge is 2.23. The molecule has 0 saturated carbocycles. The zero-order valence-electron chi connectivity index (χ0n) is 6.83. The highest BCUT2D eigenvalue weighted by Crippen LogP contribution is 2.30. The summed E-state index contributed by atoms with van der Waals surface area (Å²) in [6.07, 6.45) is 8.36. The van der Waals surface area contributed by atoms with Crippen LogP contribution in [0.4, 0.5) is 0 Å². The van der Waals surface area contributed by atoms with Gasteiger partial charge in [-0.2, -0.15) is 0 Å². The molecule has 0 aromatic carbocycles. The highest BCUT2D eigenvalue weighted by molar-refractivity contribution is 6.18. The quantitative estimate of drug-likeness (QED) is 0.496. The van der Waals surface area contributed by atoms with E-state index in [2.05, 4.69) is 37.1 Å². The largest absolute Gasteiger partial charge is 0.256 e. The van der Waals surface area contributed by atoms with E-state index in [1.165, 1.54) is 16.9 Å². The Hall–Kier alpha value is -1.11. The number of nitrogens with zero attached hydrogens (tertiary/aromatic N) is 1. The summed E-state index contributed by atoms with van der Waals surface area (Å²) >= 11 is 0. The number of hydrogen-bond acceptors (Lipinski definition) is 1. The molecular formula is C10H11N. The van der Waals surface area contributed by atoms with Crippen molar-refractivity contribution in [3.8, 4) is 0 Å². The normalized spacial score (nSPS) is 30.7. The molecule has 0 saturated heterocycles. The molecule has 11 heavy (non-hydrogen) atoms. The predicted octanol–water partition coefficient (Wildman–Crippen LogP) is 2.48. The van der Waals surface area contributed by atoms with Crippen molar-refractivity contribution in [3.05, 3.63) is 35.6 Å². The van der Waals surface area contributed by atoms with Crippen LogP contribution in [0.15, 0.2) is 40.6 Å². The van der Waals surface area contributed by atoms with Crippen molar-refractivity contribution >= 4 is 5.71 Å². The van der Waals surface area contributed by atoms with Gasteiger partial charge < -0.3 is 0 Å². The summed E-state index contributed by atoms with van der Waals surface area (Å²) in [7, 11) is 0. The molecule has 0 fully saturated rings. The van der Waals surface area contributed by atoms with Crippen LogP contribution >= 0.6 is 0 Å². The lowest BCUT2D eigenvalue weighted by molar-refractivity contribution is 0.920. The van der Waals surface area contributed by atoms with E-state index in [1.807, 2.05) is 6.20 Å². The Bertz CT molecular complexity index is 303. The van der Waals surface area contributed by atoms with Crippen LogP contribution in [-0.2, 0) is 0 Å². The average molecular weight is 145 g/mol. The third-order valence-electron chi connectivity index (χ3n) is 2.24. The lowest BCUT2D eigenvalue weighted by Gasteiger charge is -2.02. The maximum atomic E-state index is 4.30. The van der Waals surface area contributed by atoms with E-state index in [1.54, 1.807) is 0 Å². The van der Waals surface area contributed by atoms with Crippen molar-refractivity contribution in [2.24, 2.45) is 10.9 Å². The van der Waals surface area contributed by atoms with E-state index in [-0.39, 0.29) is 0 Å². The van der Waals surface area contributed by atoms with Gasteiger partial charge in [-0.05, 0) is 24.1 Å². The molecule has 1 aliphatic carbocycles. The van der Waals surface area contributed by atoms with Gasteiger partial charge in [-0.25, -0.2) is 0 Å². The Labute approximate surface area is 66.8 Å². The third kappa shape index (κ3) is 0.805. The van der Waals surface area contributed by atoms with Gasteiger partial charge in [0.2, 0.25) is 0 Å². The van der Waals surface area contributed by atoms with Crippen molar-refractivity contribution < 1.29 is 0 Å². The fourth-order valence-corrected chi connectivity index (χ4v) is 1.70. The summed E-state index contributed by atoms with van der Waals surface area (Å²) in [5, 5.41) is 0. The summed E-state index contributed by atoms with van der Waals surface area (Å²) in [4.78, 5) is 4.30. The monoisotopic (exact) mass is 145 g/mol. The van der Waals surface area contributed by atoms with Crippen molar-refractivity contribution in [2.75, 3.05) is 0 Å². The standard InChI is InChI=1S/C10H11N/c1-3-9-7(2)6-8-4-5-11-10(8)9/h3-7H,1-2H3. The Morgan fingerprint density at radius 1 is 1.55 bits per heavy atom. The van der Waals surface area contributed by atoms with Gasteiger partial charge >= 0.3 is 0 Å². The van der Waals surface area contributed by atoms with E-state index < -0.39 is 0 Å². The molecule has 1 unspecified atom stereocenters. The Balaban J connectivity index is 2.48. The van der Waals surface area contributed by atoms with Gasteiger partial charge in [0.1, 0.15) is 0 Å². The van der Waals surface area contributed by atoms with Crippen molar-refractivity contribution in [3.63, 3.8) is 0 Å². The molecular weight excluding hydrogens is 134 g/mol. The van der Waals surface area contributed by atoms with Crippen LogP contribution in [0, 0.1) is 5.92 Å². The molecule has 1 atom stereocenters. The van der Waals surface area contributed by atoms with E-state index in [0.717, 1.165) is 0 Å². The fraction of sp³-hybridized carbons (Fsp3) is 0.300. The summed E-state index contributed by atoms with van der Waals surface area (Å²) in [6, 6.07) is 0. The van der Waals surface area contributed by atoms with Crippen LogP contribution in [-0.4, -0.2) is 5.71 Å². The number of rotatable bonds is 0. The lowest BCUT2D eigenvalue weighted by Crippen LogP contribution is -1.99. The van der Waals surface area contributed by atoms with E-state index in [9.17, 15) is 0 Å². The van der Waals surface area contributed by atoms with Crippen LogP contribution in [0.2, 0.25) is 0 Å². The number of hydrogen-bond donors (Lipinski definition) is 0. The van der Waals surface area contributed by atoms with Crippen molar-refractivity contribution in [2.45, 2.75) is 13.8 Å². The minimum atomic E-state index is 0.554. The number of allylic oxidation sites excluding steroid dienone is 5. The molecule has 0 aromatic rings. The second kappa shape index (κ2) is 2.19. The molecule has 1 heterocycles. The second-order valence-electron chi connectivity index (χ2n) is 2.95. The van der Waals surface area contributed by atoms with Gasteiger partial charge in [-0.15, -0.1) is 0 Å². The molecule has 2 aliphatic rings. The SMILES string of the molecule is CC=C1C2=NC=CC2=CC1C. The average Bonchev–Trinajstić information content (AvgIpc) is 2.46. The van der Waals surface area contributed by atoms with Gasteiger partial charge in [-0.1, -0.05) is 19.1 Å². The first-order valence-electron chi connectivity index (χ1n) is 3.96. The Kier molecular flexibility index (Phi) is 1.31. The molecule has 1 heteroatoms. The van der Waals surface area contributed by atoms with Crippen LogP contribution < -0.4 is 0 Å². The van der Waals surface area contributed by atoms with Gasteiger partial charge in [-0.3, -0.25) is 4.99 Å². The first kappa shape index (κ1) is 6.59. The predicted molar refractivity (Wildman–Crippen MR) is 47.6 cm³/mol. The van der Waals surface area contributed by atoms with Crippen LogP contribution in [0.25, 0.3) is 0 Å². The van der Waals surface area contributed by atoms with Gasteiger partial charge in [0.05, 0.1) is 5.71 Å². The summed E-state index contributed by atoms with van der Waals surface area (Å²) in [5.74, 6) is 0.554. The van der Waals surface area contributed by atoms with Crippen LogP contribution in [0.3, 0.4) is 0 Å². The first-order chi connectivity index (χ1) is 5.33. The number of fused-ring (bicyclic) bond motifs is 1. The second-order valence-corrected chi connectivity index (χ2v) is 2.95. The molecule has 1 aliphatic heterocycles. The molecule has 0 amide bonds. The molecule has 0 aromatic heterocycles. The molecule has 0 spiro atoms. The fourth-order valence-electron chi connectivity index (χ4n) is 1.70. The minimum absolute atomic E-state index is 0.554. The first-order valence-corrected chi connectivity index (χ1v) is 3.96. The molecule has 0 bridgehead atoms. The number of aliphatic imine (C=N–C) groups is 1. The van der Waals surface area contributed by atoms with Crippen LogP contribution in [0.1, 0.15) is 13.8 Å². The van der Waals surface area contributed by atoms with E-state index in [0.29, 0.717) is 5.92 Å². The maximum Gasteiger partial charge on any atom is 0.0734 e. The minimum Gasteiger partial charge on any atom is -0.256 e. The summed E-state index contributed by atoms with van der Waals surface area (Å²) < 4.78 is 0. The molecule has 1 nitrogen and oxygen atoms in total. The lowest BCUT2D eigenvalue weighted by atomic mass is 10.0.